The molecule has 2 N–H and O–H groups in total. The lowest BCUT2D eigenvalue weighted by atomic mass is 9.86. The van der Waals surface area contributed by atoms with Crippen molar-refractivity contribution in [3.63, 3.8) is 0 Å². The maximum Gasteiger partial charge on any atom is 0.165 e. The standard InChI is InChI=1S/C29H30FNO4/c1-18-11-12-31(17-18)13-14-34-23-9-5-21(6-10-23)29-28(20-3-7-22(32)8-4-20)19(2)24-15-25(30)26(33)16-27(24)35-29/h3-10,15-16,18,29,32-33H,11-14,17H2,1-2H3/t18-,29?/m1/s1. The second kappa shape index (κ2) is 9.62. The van der Waals surface area contributed by atoms with Gasteiger partial charge in [0.05, 0.1) is 0 Å². The molecule has 2 aliphatic heterocycles. The van der Waals surface area contributed by atoms with Crippen LogP contribution in [0.1, 0.15) is 43.1 Å². The summed E-state index contributed by atoms with van der Waals surface area (Å²) in [5.74, 6) is 1.01. The van der Waals surface area contributed by atoms with Gasteiger partial charge in [0.1, 0.15) is 30.0 Å². The molecule has 0 spiro atoms. The molecule has 182 valence electrons. The number of rotatable bonds is 6. The Kier molecular flexibility index (Phi) is 6.39. The zero-order valence-corrected chi connectivity index (χ0v) is 20.0. The summed E-state index contributed by atoms with van der Waals surface area (Å²) in [5, 5.41) is 19.7. The number of hydrogen-bond acceptors (Lipinski definition) is 5. The highest BCUT2D eigenvalue weighted by Gasteiger charge is 2.30. The van der Waals surface area contributed by atoms with Gasteiger partial charge >= 0.3 is 0 Å². The van der Waals surface area contributed by atoms with E-state index in [0.717, 1.165) is 53.6 Å². The van der Waals surface area contributed by atoms with Crippen molar-refractivity contribution >= 4 is 11.1 Å². The third-order valence-electron chi connectivity index (χ3n) is 6.91. The number of phenols is 2. The quantitative estimate of drug-likeness (QED) is 0.456. The summed E-state index contributed by atoms with van der Waals surface area (Å²) >= 11 is 0. The van der Waals surface area contributed by atoms with E-state index in [4.69, 9.17) is 9.47 Å². The molecule has 0 aromatic heterocycles. The molecule has 1 fully saturated rings. The second-order valence-corrected chi connectivity index (χ2v) is 9.50. The molecule has 1 unspecified atom stereocenters. The van der Waals surface area contributed by atoms with E-state index in [0.29, 0.717) is 17.9 Å². The fourth-order valence-corrected chi connectivity index (χ4v) is 4.97. The van der Waals surface area contributed by atoms with Crippen molar-refractivity contribution in [2.75, 3.05) is 26.2 Å². The molecule has 5 rings (SSSR count). The maximum absolute atomic E-state index is 14.2. The van der Waals surface area contributed by atoms with Crippen molar-refractivity contribution in [1.29, 1.82) is 0 Å². The number of aromatic hydroxyl groups is 2. The Morgan fingerprint density at radius 1 is 1.06 bits per heavy atom. The Morgan fingerprint density at radius 2 is 1.80 bits per heavy atom. The molecular formula is C29H30FNO4. The Bertz CT molecular complexity index is 1240. The lowest BCUT2D eigenvalue weighted by molar-refractivity contribution is 0.233. The van der Waals surface area contributed by atoms with Crippen molar-refractivity contribution < 1.29 is 24.1 Å². The van der Waals surface area contributed by atoms with E-state index >= 15 is 0 Å². The van der Waals surface area contributed by atoms with E-state index in [9.17, 15) is 14.6 Å². The summed E-state index contributed by atoms with van der Waals surface area (Å²) in [6, 6.07) is 17.3. The molecule has 3 aromatic carbocycles. The number of likely N-dealkylation sites (tertiary alicyclic amines) is 1. The first-order chi connectivity index (χ1) is 16.9. The molecule has 3 aromatic rings. The van der Waals surface area contributed by atoms with Crippen molar-refractivity contribution in [2.24, 2.45) is 5.92 Å². The normalized spacial score (nSPS) is 20.0. The third-order valence-corrected chi connectivity index (χ3v) is 6.91. The number of phenolic OH excluding ortho intramolecular Hbond substituents is 2. The molecule has 0 amide bonds. The molecule has 5 nitrogen and oxygen atoms in total. The van der Waals surface area contributed by atoms with E-state index in [1.807, 2.05) is 43.3 Å². The van der Waals surface area contributed by atoms with Crippen molar-refractivity contribution in [3.8, 4) is 23.0 Å². The molecule has 2 aliphatic rings. The molecule has 0 bridgehead atoms. The van der Waals surface area contributed by atoms with Gasteiger partial charge in [0.2, 0.25) is 0 Å². The van der Waals surface area contributed by atoms with Gasteiger partial charge in [-0.3, -0.25) is 4.90 Å². The highest BCUT2D eigenvalue weighted by atomic mass is 19.1. The Labute approximate surface area is 205 Å². The summed E-state index contributed by atoms with van der Waals surface area (Å²) in [4.78, 5) is 2.43. The molecule has 0 saturated carbocycles. The van der Waals surface area contributed by atoms with Gasteiger partial charge in [0.25, 0.3) is 0 Å². The van der Waals surface area contributed by atoms with Crippen LogP contribution in [-0.4, -0.2) is 41.4 Å². The number of hydrogen-bond donors (Lipinski definition) is 2. The first-order valence-electron chi connectivity index (χ1n) is 12.0. The van der Waals surface area contributed by atoms with Gasteiger partial charge in [0, 0.05) is 30.3 Å². The number of halogens is 1. The van der Waals surface area contributed by atoms with Crippen LogP contribution < -0.4 is 9.47 Å². The molecule has 0 aliphatic carbocycles. The first kappa shape index (κ1) is 23.2. The van der Waals surface area contributed by atoms with Crippen LogP contribution in [0.4, 0.5) is 4.39 Å². The van der Waals surface area contributed by atoms with Crippen LogP contribution >= 0.6 is 0 Å². The number of nitrogens with zero attached hydrogens (tertiary/aromatic N) is 1. The van der Waals surface area contributed by atoms with Crippen LogP contribution in [0.15, 0.2) is 60.7 Å². The van der Waals surface area contributed by atoms with Crippen LogP contribution in [0.5, 0.6) is 23.0 Å². The van der Waals surface area contributed by atoms with Gasteiger partial charge < -0.3 is 19.7 Å². The highest BCUT2D eigenvalue weighted by molar-refractivity contribution is 5.95. The van der Waals surface area contributed by atoms with Crippen molar-refractivity contribution in [2.45, 2.75) is 26.4 Å². The van der Waals surface area contributed by atoms with Gasteiger partial charge in [-0.2, -0.15) is 0 Å². The molecule has 1 saturated heterocycles. The Hall–Kier alpha value is -3.51. The minimum atomic E-state index is -0.694. The summed E-state index contributed by atoms with van der Waals surface area (Å²) in [7, 11) is 0. The molecule has 0 radical (unpaired) electrons. The molecule has 2 atom stereocenters. The predicted octanol–water partition coefficient (Wildman–Crippen LogP) is 6.02. The van der Waals surface area contributed by atoms with Crippen LogP contribution in [0.2, 0.25) is 0 Å². The van der Waals surface area contributed by atoms with Crippen molar-refractivity contribution in [1.82, 2.24) is 4.90 Å². The fourth-order valence-electron chi connectivity index (χ4n) is 4.97. The van der Waals surface area contributed by atoms with Gasteiger partial charge in [-0.25, -0.2) is 4.39 Å². The first-order valence-corrected chi connectivity index (χ1v) is 12.0. The van der Waals surface area contributed by atoms with Crippen LogP contribution in [0.25, 0.3) is 11.1 Å². The van der Waals surface area contributed by atoms with Gasteiger partial charge in [-0.1, -0.05) is 31.2 Å². The number of benzene rings is 3. The molecule has 6 heteroatoms. The SMILES string of the molecule is CC1=C(c2ccc(O)cc2)C(c2ccc(OCCN3CC[C@@H](C)C3)cc2)Oc2cc(O)c(F)cc21. The van der Waals surface area contributed by atoms with E-state index in [1.165, 1.54) is 18.6 Å². The summed E-state index contributed by atoms with van der Waals surface area (Å²) in [6.45, 7) is 8.03. The minimum absolute atomic E-state index is 0.168. The number of ether oxygens (including phenoxy) is 2. The summed E-state index contributed by atoms with van der Waals surface area (Å²) in [6.07, 6.45) is 0.775. The van der Waals surface area contributed by atoms with Gasteiger partial charge in [-0.15, -0.1) is 0 Å². The number of fused-ring (bicyclic) bond motifs is 1. The summed E-state index contributed by atoms with van der Waals surface area (Å²) < 4.78 is 26.5. The van der Waals surface area contributed by atoms with Crippen LogP contribution in [0.3, 0.4) is 0 Å². The Morgan fingerprint density at radius 3 is 2.49 bits per heavy atom. The van der Waals surface area contributed by atoms with E-state index in [1.54, 1.807) is 12.1 Å². The largest absolute Gasteiger partial charge is 0.508 e. The van der Waals surface area contributed by atoms with Crippen LogP contribution in [-0.2, 0) is 0 Å². The van der Waals surface area contributed by atoms with Gasteiger partial charge in [0.15, 0.2) is 11.6 Å². The fraction of sp³-hybridized carbons (Fsp3) is 0.310. The monoisotopic (exact) mass is 475 g/mol. The van der Waals surface area contributed by atoms with E-state index in [2.05, 4.69) is 11.8 Å². The van der Waals surface area contributed by atoms with Crippen molar-refractivity contribution in [3.05, 3.63) is 83.2 Å². The lowest BCUT2D eigenvalue weighted by Crippen LogP contribution is -2.25. The summed E-state index contributed by atoms with van der Waals surface area (Å²) in [5.41, 5.74) is 4.09. The van der Waals surface area contributed by atoms with Crippen LogP contribution in [0, 0.1) is 11.7 Å². The van der Waals surface area contributed by atoms with Gasteiger partial charge in [-0.05, 0) is 72.8 Å². The maximum atomic E-state index is 14.2. The zero-order chi connectivity index (χ0) is 24.5. The second-order valence-electron chi connectivity index (χ2n) is 9.50. The Balaban J connectivity index is 1.41. The van der Waals surface area contributed by atoms with E-state index in [-0.39, 0.29) is 5.75 Å². The average Bonchev–Trinajstić information content (AvgIpc) is 3.26. The zero-order valence-electron chi connectivity index (χ0n) is 20.0. The smallest absolute Gasteiger partial charge is 0.165 e. The lowest BCUT2D eigenvalue weighted by Gasteiger charge is -2.31. The minimum Gasteiger partial charge on any atom is -0.508 e. The highest BCUT2D eigenvalue weighted by Crippen LogP contribution is 2.48. The average molecular weight is 476 g/mol. The number of allylic oxidation sites excluding steroid dienone is 1. The topological polar surface area (TPSA) is 62.2 Å². The van der Waals surface area contributed by atoms with E-state index < -0.39 is 17.7 Å². The molecule has 35 heavy (non-hydrogen) atoms. The predicted molar refractivity (Wildman–Crippen MR) is 134 cm³/mol. The molecule has 2 heterocycles. The molecular weight excluding hydrogens is 445 g/mol. The third kappa shape index (κ3) is 4.84.